The molecule has 1 aromatic rings. The van der Waals surface area contributed by atoms with Crippen LogP contribution in [0.1, 0.15) is 18.9 Å². The standard InChI is InChI=1S/C12H13F3N2/c1-2-9(7-16)8-17-11-5-3-4-10(6-11)12(13,14)15/h3-6,9,17H,2,8H2,1H3. The van der Waals surface area contributed by atoms with Crippen LogP contribution in [0, 0.1) is 17.2 Å². The van der Waals surface area contributed by atoms with Gasteiger partial charge in [0.2, 0.25) is 0 Å². The maximum Gasteiger partial charge on any atom is 0.416 e. The number of nitrogens with zero attached hydrogens (tertiary/aromatic N) is 1. The zero-order valence-corrected chi connectivity index (χ0v) is 9.38. The maximum atomic E-state index is 12.4. The van der Waals surface area contributed by atoms with Crippen molar-refractivity contribution in [1.82, 2.24) is 0 Å². The third kappa shape index (κ3) is 3.99. The minimum absolute atomic E-state index is 0.190. The SMILES string of the molecule is CCC(C#N)CNc1cccc(C(F)(F)F)c1. The van der Waals surface area contributed by atoms with Gasteiger partial charge in [0.05, 0.1) is 17.6 Å². The smallest absolute Gasteiger partial charge is 0.384 e. The fourth-order valence-corrected chi connectivity index (χ4v) is 1.33. The summed E-state index contributed by atoms with van der Waals surface area (Å²) >= 11 is 0. The molecule has 0 spiro atoms. The van der Waals surface area contributed by atoms with Gasteiger partial charge in [-0.25, -0.2) is 0 Å². The monoisotopic (exact) mass is 242 g/mol. The van der Waals surface area contributed by atoms with E-state index in [0.717, 1.165) is 12.1 Å². The number of hydrogen-bond donors (Lipinski definition) is 1. The lowest BCUT2D eigenvalue weighted by molar-refractivity contribution is -0.137. The molecule has 5 heteroatoms. The third-order valence-electron chi connectivity index (χ3n) is 2.42. The predicted octanol–water partition coefficient (Wildman–Crippen LogP) is 3.67. The van der Waals surface area contributed by atoms with E-state index in [4.69, 9.17) is 5.26 Å². The Morgan fingerprint density at radius 1 is 1.41 bits per heavy atom. The van der Waals surface area contributed by atoms with Crippen LogP contribution in [0.2, 0.25) is 0 Å². The van der Waals surface area contributed by atoms with Crippen LogP contribution in [0.25, 0.3) is 0 Å². The topological polar surface area (TPSA) is 35.8 Å². The molecular formula is C12H13F3N2. The summed E-state index contributed by atoms with van der Waals surface area (Å²) in [5.41, 5.74) is -0.305. The first-order valence-electron chi connectivity index (χ1n) is 5.28. The van der Waals surface area contributed by atoms with Crippen molar-refractivity contribution in [1.29, 1.82) is 5.26 Å². The summed E-state index contributed by atoms with van der Waals surface area (Å²) in [6.07, 6.45) is -3.67. The van der Waals surface area contributed by atoms with Crippen molar-refractivity contribution >= 4 is 5.69 Å². The summed E-state index contributed by atoms with van der Waals surface area (Å²) in [5.74, 6) is -0.190. The Hall–Kier alpha value is -1.70. The molecule has 0 saturated heterocycles. The van der Waals surface area contributed by atoms with E-state index in [-0.39, 0.29) is 5.92 Å². The first kappa shape index (κ1) is 13.4. The van der Waals surface area contributed by atoms with Crippen molar-refractivity contribution in [2.75, 3.05) is 11.9 Å². The zero-order valence-electron chi connectivity index (χ0n) is 9.38. The normalized spacial score (nSPS) is 12.9. The Bertz CT molecular complexity index is 407. The van der Waals surface area contributed by atoms with Crippen molar-refractivity contribution in [3.05, 3.63) is 29.8 Å². The molecule has 0 heterocycles. The summed E-state index contributed by atoms with van der Waals surface area (Å²) < 4.78 is 37.3. The molecule has 2 nitrogen and oxygen atoms in total. The van der Waals surface area contributed by atoms with E-state index < -0.39 is 11.7 Å². The molecule has 1 rings (SSSR count). The number of nitriles is 1. The summed E-state index contributed by atoms with van der Waals surface area (Å²) in [7, 11) is 0. The Balaban J connectivity index is 2.70. The lowest BCUT2D eigenvalue weighted by Crippen LogP contribution is -2.12. The molecule has 0 aliphatic heterocycles. The van der Waals surface area contributed by atoms with Gasteiger partial charge in [0, 0.05) is 12.2 Å². The molecular weight excluding hydrogens is 229 g/mol. The molecule has 17 heavy (non-hydrogen) atoms. The molecule has 0 bridgehead atoms. The predicted molar refractivity (Wildman–Crippen MR) is 59.3 cm³/mol. The Labute approximate surface area is 98.1 Å². The van der Waals surface area contributed by atoms with Gasteiger partial charge in [-0.05, 0) is 24.6 Å². The largest absolute Gasteiger partial charge is 0.416 e. The molecule has 92 valence electrons. The van der Waals surface area contributed by atoms with Gasteiger partial charge in [0.15, 0.2) is 0 Å². The van der Waals surface area contributed by atoms with Crippen LogP contribution >= 0.6 is 0 Å². The molecule has 0 radical (unpaired) electrons. The quantitative estimate of drug-likeness (QED) is 0.874. The lowest BCUT2D eigenvalue weighted by Gasteiger charge is -2.12. The molecule has 0 aliphatic rings. The van der Waals surface area contributed by atoms with Gasteiger partial charge in [-0.3, -0.25) is 0 Å². The van der Waals surface area contributed by atoms with Crippen molar-refractivity contribution in [2.24, 2.45) is 5.92 Å². The first-order valence-corrected chi connectivity index (χ1v) is 5.28. The molecule has 0 fully saturated rings. The lowest BCUT2D eigenvalue weighted by atomic mass is 10.1. The highest BCUT2D eigenvalue weighted by Gasteiger charge is 2.30. The second-order valence-electron chi connectivity index (χ2n) is 3.69. The van der Waals surface area contributed by atoms with E-state index >= 15 is 0 Å². The summed E-state index contributed by atoms with van der Waals surface area (Å²) in [5, 5.41) is 11.6. The Morgan fingerprint density at radius 3 is 2.65 bits per heavy atom. The van der Waals surface area contributed by atoms with E-state index in [1.165, 1.54) is 6.07 Å². The second-order valence-corrected chi connectivity index (χ2v) is 3.69. The van der Waals surface area contributed by atoms with Crippen LogP contribution in [-0.2, 0) is 6.18 Å². The van der Waals surface area contributed by atoms with Crippen molar-refractivity contribution in [2.45, 2.75) is 19.5 Å². The average Bonchev–Trinajstić information content (AvgIpc) is 2.30. The van der Waals surface area contributed by atoms with Crippen LogP contribution < -0.4 is 5.32 Å². The van der Waals surface area contributed by atoms with Gasteiger partial charge in [0.25, 0.3) is 0 Å². The third-order valence-corrected chi connectivity index (χ3v) is 2.42. The number of halogens is 3. The van der Waals surface area contributed by atoms with Gasteiger partial charge in [0.1, 0.15) is 0 Å². The molecule has 0 aliphatic carbocycles. The van der Waals surface area contributed by atoms with Crippen molar-refractivity contribution < 1.29 is 13.2 Å². The highest BCUT2D eigenvalue weighted by Crippen LogP contribution is 2.30. The van der Waals surface area contributed by atoms with Gasteiger partial charge in [-0.15, -0.1) is 0 Å². The van der Waals surface area contributed by atoms with Crippen LogP contribution in [0.4, 0.5) is 18.9 Å². The number of benzene rings is 1. The zero-order chi connectivity index (χ0) is 12.9. The molecule has 1 atom stereocenters. The number of alkyl halides is 3. The van der Waals surface area contributed by atoms with Crippen molar-refractivity contribution in [3.8, 4) is 6.07 Å². The minimum Gasteiger partial charge on any atom is -0.384 e. The van der Waals surface area contributed by atoms with Crippen LogP contribution in [0.5, 0.6) is 0 Å². The molecule has 1 unspecified atom stereocenters. The molecule has 0 saturated carbocycles. The number of hydrogen-bond acceptors (Lipinski definition) is 2. The molecule has 1 aromatic carbocycles. The molecule has 0 aromatic heterocycles. The maximum absolute atomic E-state index is 12.4. The van der Waals surface area contributed by atoms with Crippen molar-refractivity contribution in [3.63, 3.8) is 0 Å². The van der Waals surface area contributed by atoms with E-state index in [0.29, 0.717) is 18.7 Å². The Kier molecular flexibility index (Phi) is 4.38. The van der Waals surface area contributed by atoms with E-state index in [2.05, 4.69) is 11.4 Å². The first-order chi connectivity index (χ1) is 7.97. The highest BCUT2D eigenvalue weighted by molar-refractivity contribution is 5.46. The fourth-order valence-electron chi connectivity index (χ4n) is 1.33. The second kappa shape index (κ2) is 5.58. The Morgan fingerprint density at radius 2 is 2.12 bits per heavy atom. The van der Waals surface area contributed by atoms with Crippen LogP contribution in [0.3, 0.4) is 0 Å². The minimum atomic E-state index is -4.34. The van der Waals surface area contributed by atoms with Gasteiger partial charge < -0.3 is 5.32 Å². The number of nitrogens with one attached hydrogen (secondary N) is 1. The van der Waals surface area contributed by atoms with Gasteiger partial charge >= 0.3 is 6.18 Å². The van der Waals surface area contributed by atoms with E-state index in [9.17, 15) is 13.2 Å². The summed E-state index contributed by atoms with van der Waals surface area (Å²) in [6, 6.07) is 7.05. The molecule has 0 amide bonds. The summed E-state index contributed by atoms with van der Waals surface area (Å²) in [4.78, 5) is 0. The van der Waals surface area contributed by atoms with Gasteiger partial charge in [-0.1, -0.05) is 13.0 Å². The van der Waals surface area contributed by atoms with E-state index in [1.807, 2.05) is 6.92 Å². The highest BCUT2D eigenvalue weighted by atomic mass is 19.4. The molecule has 1 N–H and O–H groups in total. The number of anilines is 1. The fraction of sp³-hybridized carbons (Fsp3) is 0.417. The summed E-state index contributed by atoms with van der Waals surface area (Å²) in [6.45, 7) is 2.22. The van der Waals surface area contributed by atoms with Gasteiger partial charge in [-0.2, -0.15) is 18.4 Å². The van der Waals surface area contributed by atoms with E-state index in [1.54, 1.807) is 6.07 Å². The number of rotatable bonds is 4. The van der Waals surface area contributed by atoms with Crippen LogP contribution in [0.15, 0.2) is 24.3 Å². The average molecular weight is 242 g/mol. The van der Waals surface area contributed by atoms with Crippen LogP contribution in [-0.4, -0.2) is 6.54 Å².